The van der Waals surface area contributed by atoms with Crippen LogP contribution < -0.4 is 15.4 Å². The Kier molecular flexibility index (Phi) is 5.26. The quantitative estimate of drug-likeness (QED) is 0.753. The summed E-state index contributed by atoms with van der Waals surface area (Å²) in [5, 5.41) is 5.78. The second-order valence-electron chi connectivity index (χ2n) is 6.72. The zero-order valence-corrected chi connectivity index (χ0v) is 15.2. The van der Waals surface area contributed by atoms with Crippen LogP contribution in [0.5, 0.6) is 5.75 Å². The van der Waals surface area contributed by atoms with Crippen molar-refractivity contribution in [3.05, 3.63) is 59.7 Å². The van der Waals surface area contributed by atoms with Crippen LogP contribution in [0.4, 0.5) is 5.69 Å². The summed E-state index contributed by atoms with van der Waals surface area (Å²) in [6.07, 6.45) is 1.83. The van der Waals surface area contributed by atoms with Gasteiger partial charge in [0.15, 0.2) is 0 Å². The van der Waals surface area contributed by atoms with Crippen molar-refractivity contribution in [3.8, 4) is 5.75 Å². The number of benzene rings is 2. The molecule has 1 saturated carbocycles. The highest BCUT2D eigenvalue weighted by atomic mass is 16.5. The summed E-state index contributed by atoms with van der Waals surface area (Å²) in [6, 6.07) is 15.3. The molecule has 5 nitrogen and oxygen atoms in total. The molecule has 1 aliphatic rings. The zero-order valence-electron chi connectivity index (χ0n) is 15.2. The first-order chi connectivity index (χ1) is 12.5. The van der Waals surface area contributed by atoms with Crippen molar-refractivity contribution in [1.82, 2.24) is 5.32 Å². The number of methoxy groups -OCH3 is 1. The van der Waals surface area contributed by atoms with E-state index >= 15 is 0 Å². The highest BCUT2D eigenvalue weighted by molar-refractivity contribution is 6.13. The lowest BCUT2D eigenvalue weighted by molar-refractivity contribution is -0.134. The van der Waals surface area contributed by atoms with Crippen LogP contribution in [0.1, 0.15) is 24.0 Å². The van der Waals surface area contributed by atoms with E-state index in [1.54, 1.807) is 7.11 Å². The van der Waals surface area contributed by atoms with E-state index < -0.39 is 5.41 Å². The molecule has 0 saturated heterocycles. The number of anilines is 1. The summed E-state index contributed by atoms with van der Waals surface area (Å²) in [6.45, 7) is 2.44. The van der Waals surface area contributed by atoms with Gasteiger partial charge in [-0.2, -0.15) is 0 Å². The molecule has 0 bridgehead atoms. The smallest absolute Gasteiger partial charge is 0.240 e. The number of amides is 2. The minimum atomic E-state index is -0.926. The van der Waals surface area contributed by atoms with Gasteiger partial charge in [0.25, 0.3) is 0 Å². The normalized spacial score (nSPS) is 14.4. The molecule has 2 amide bonds. The summed E-state index contributed by atoms with van der Waals surface area (Å²) >= 11 is 0. The van der Waals surface area contributed by atoms with Crippen LogP contribution in [0, 0.1) is 12.3 Å². The monoisotopic (exact) mass is 352 g/mol. The molecule has 0 atom stereocenters. The Bertz CT molecular complexity index is 812. The van der Waals surface area contributed by atoms with Crippen LogP contribution in [0.2, 0.25) is 0 Å². The summed E-state index contributed by atoms with van der Waals surface area (Å²) in [7, 11) is 1.63. The molecule has 0 spiro atoms. The fraction of sp³-hybridized carbons (Fsp3) is 0.333. The molecule has 0 unspecified atom stereocenters. The fourth-order valence-corrected chi connectivity index (χ4v) is 3.05. The highest BCUT2D eigenvalue weighted by Crippen LogP contribution is 2.46. The number of ether oxygens (including phenoxy) is 1. The highest BCUT2D eigenvalue weighted by Gasteiger charge is 2.56. The summed E-state index contributed by atoms with van der Waals surface area (Å²) in [5.74, 6) is 0.385. The Morgan fingerprint density at radius 2 is 1.85 bits per heavy atom. The van der Waals surface area contributed by atoms with Crippen LogP contribution in [-0.2, 0) is 16.0 Å². The topological polar surface area (TPSA) is 67.4 Å². The van der Waals surface area contributed by atoms with E-state index in [0.29, 0.717) is 25.8 Å². The molecule has 26 heavy (non-hydrogen) atoms. The molecule has 5 heteroatoms. The summed E-state index contributed by atoms with van der Waals surface area (Å²) in [4.78, 5) is 25.2. The van der Waals surface area contributed by atoms with Crippen molar-refractivity contribution < 1.29 is 14.3 Å². The molecule has 0 aliphatic heterocycles. The predicted octanol–water partition coefficient (Wildman–Crippen LogP) is 3.08. The lowest BCUT2D eigenvalue weighted by Gasteiger charge is -2.16. The SMILES string of the molecule is COc1ccccc1CCNC(=O)C1(C(=O)Nc2cccc(C)c2)CC1. The molecule has 2 aromatic rings. The first-order valence-corrected chi connectivity index (χ1v) is 8.83. The van der Waals surface area contributed by atoms with Crippen molar-refractivity contribution in [2.75, 3.05) is 19.0 Å². The fourth-order valence-electron chi connectivity index (χ4n) is 3.05. The van der Waals surface area contributed by atoms with Gasteiger partial charge in [-0.15, -0.1) is 0 Å². The van der Waals surface area contributed by atoms with Crippen LogP contribution in [0.15, 0.2) is 48.5 Å². The van der Waals surface area contributed by atoms with Gasteiger partial charge in [0, 0.05) is 12.2 Å². The summed E-state index contributed by atoms with van der Waals surface area (Å²) < 4.78 is 5.32. The Morgan fingerprint density at radius 3 is 2.54 bits per heavy atom. The first-order valence-electron chi connectivity index (χ1n) is 8.83. The standard InChI is InChI=1S/C21H24N2O3/c1-15-6-5-8-17(14-15)23-20(25)21(11-12-21)19(24)22-13-10-16-7-3-4-9-18(16)26-2/h3-9,14H,10-13H2,1-2H3,(H,22,24)(H,23,25). The number of aryl methyl sites for hydroxylation is 1. The average molecular weight is 352 g/mol. The maximum atomic E-state index is 12.6. The van der Waals surface area contributed by atoms with Gasteiger partial charge < -0.3 is 15.4 Å². The summed E-state index contributed by atoms with van der Waals surface area (Å²) in [5.41, 5.74) is 1.89. The van der Waals surface area contributed by atoms with Gasteiger partial charge in [0.1, 0.15) is 11.2 Å². The average Bonchev–Trinajstić information content (AvgIpc) is 3.44. The number of para-hydroxylation sites is 1. The Morgan fingerprint density at radius 1 is 1.08 bits per heavy atom. The Hall–Kier alpha value is -2.82. The molecule has 3 rings (SSSR count). The molecule has 0 radical (unpaired) electrons. The molecular formula is C21H24N2O3. The lowest BCUT2D eigenvalue weighted by Crippen LogP contribution is -2.40. The van der Waals surface area contributed by atoms with Crippen LogP contribution in [-0.4, -0.2) is 25.5 Å². The number of nitrogens with one attached hydrogen (secondary N) is 2. The zero-order chi connectivity index (χ0) is 18.6. The van der Waals surface area contributed by atoms with Gasteiger partial charge in [-0.05, 0) is 55.5 Å². The predicted molar refractivity (Wildman–Crippen MR) is 101 cm³/mol. The Labute approximate surface area is 153 Å². The lowest BCUT2D eigenvalue weighted by atomic mass is 10.0. The van der Waals surface area contributed by atoms with Crippen molar-refractivity contribution in [3.63, 3.8) is 0 Å². The second-order valence-corrected chi connectivity index (χ2v) is 6.72. The molecule has 1 fully saturated rings. The van der Waals surface area contributed by atoms with E-state index in [9.17, 15) is 9.59 Å². The van der Waals surface area contributed by atoms with Crippen LogP contribution >= 0.6 is 0 Å². The van der Waals surface area contributed by atoms with Crippen LogP contribution in [0.25, 0.3) is 0 Å². The van der Waals surface area contributed by atoms with Gasteiger partial charge in [-0.1, -0.05) is 30.3 Å². The number of hydrogen-bond acceptors (Lipinski definition) is 3. The van der Waals surface area contributed by atoms with E-state index in [-0.39, 0.29) is 11.8 Å². The van der Waals surface area contributed by atoms with Crippen molar-refractivity contribution in [1.29, 1.82) is 0 Å². The molecule has 0 heterocycles. The van der Waals surface area contributed by atoms with E-state index in [4.69, 9.17) is 4.74 Å². The third kappa shape index (κ3) is 3.87. The van der Waals surface area contributed by atoms with Crippen LogP contribution in [0.3, 0.4) is 0 Å². The van der Waals surface area contributed by atoms with E-state index in [1.165, 1.54) is 0 Å². The van der Waals surface area contributed by atoms with Gasteiger partial charge in [0.05, 0.1) is 7.11 Å². The first kappa shape index (κ1) is 18.0. The minimum absolute atomic E-state index is 0.197. The maximum Gasteiger partial charge on any atom is 0.240 e. The van der Waals surface area contributed by atoms with Gasteiger partial charge >= 0.3 is 0 Å². The molecule has 136 valence electrons. The van der Waals surface area contributed by atoms with Gasteiger partial charge in [-0.3, -0.25) is 9.59 Å². The van der Waals surface area contributed by atoms with Gasteiger partial charge in [0.2, 0.25) is 11.8 Å². The van der Waals surface area contributed by atoms with E-state index in [2.05, 4.69) is 10.6 Å². The number of carbonyl (C=O) groups is 2. The Balaban J connectivity index is 1.56. The molecule has 2 N–H and O–H groups in total. The molecule has 2 aromatic carbocycles. The van der Waals surface area contributed by atoms with Crippen molar-refractivity contribution >= 4 is 17.5 Å². The number of hydrogen-bond donors (Lipinski definition) is 2. The molecular weight excluding hydrogens is 328 g/mol. The van der Waals surface area contributed by atoms with Gasteiger partial charge in [-0.25, -0.2) is 0 Å². The number of rotatable bonds is 7. The van der Waals surface area contributed by atoms with E-state index in [1.807, 2.05) is 55.5 Å². The maximum absolute atomic E-state index is 12.6. The molecule has 1 aliphatic carbocycles. The third-order valence-corrected chi connectivity index (χ3v) is 4.77. The van der Waals surface area contributed by atoms with E-state index in [0.717, 1.165) is 22.6 Å². The van der Waals surface area contributed by atoms with Crippen molar-refractivity contribution in [2.45, 2.75) is 26.2 Å². The minimum Gasteiger partial charge on any atom is -0.496 e. The third-order valence-electron chi connectivity index (χ3n) is 4.77. The molecule has 0 aromatic heterocycles. The largest absolute Gasteiger partial charge is 0.496 e. The van der Waals surface area contributed by atoms with Crippen molar-refractivity contribution in [2.24, 2.45) is 5.41 Å². The second kappa shape index (κ2) is 7.60. The number of carbonyl (C=O) groups excluding carboxylic acids is 2.